The van der Waals surface area contributed by atoms with Gasteiger partial charge in [0.1, 0.15) is 0 Å². The molecule has 1 saturated carbocycles. The molecule has 90 valence electrons. The molecule has 1 N–H and O–H groups in total. The Bertz CT molecular complexity index is 164. The van der Waals surface area contributed by atoms with Crippen molar-refractivity contribution in [2.45, 2.75) is 57.3 Å². The topological polar surface area (TPSA) is 30.5 Å². The first kappa shape index (κ1) is 12.9. The summed E-state index contributed by atoms with van der Waals surface area (Å²) in [6, 6.07) is 0. The summed E-state index contributed by atoms with van der Waals surface area (Å²) in [5, 5.41) is 3.18. The van der Waals surface area contributed by atoms with E-state index in [1.54, 1.807) is 7.11 Å². The van der Waals surface area contributed by atoms with E-state index in [9.17, 15) is 0 Å². The van der Waals surface area contributed by atoms with Crippen LogP contribution < -0.4 is 5.32 Å². The van der Waals surface area contributed by atoms with Crippen LogP contribution in [0.2, 0.25) is 0 Å². The molecule has 0 aromatic rings. The third-order valence-corrected chi connectivity index (χ3v) is 3.18. The van der Waals surface area contributed by atoms with Gasteiger partial charge in [0.25, 0.3) is 0 Å². The third kappa shape index (κ3) is 4.49. The molecule has 3 heteroatoms. The number of ether oxygens (including phenoxy) is 2. The van der Waals surface area contributed by atoms with E-state index >= 15 is 0 Å². The Morgan fingerprint density at radius 2 is 2.07 bits per heavy atom. The van der Waals surface area contributed by atoms with Gasteiger partial charge in [-0.25, -0.2) is 0 Å². The van der Waals surface area contributed by atoms with Gasteiger partial charge >= 0.3 is 0 Å². The van der Waals surface area contributed by atoms with Crippen LogP contribution in [0.25, 0.3) is 0 Å². The largest absolute Gasteiger partial charge is 0.381 e. The van der Waals surface area contributed by atoms with Gasteiger partial charge in [0.05, 0.1) is 18.3 Å². The van der Waals surface area contributed by atoms with E-state index in [0.29, 0.717) is 18.3 Å². The lowest BCUT2D eigenvalue weighted by atomic mass is 9.94. The molecule has 0 spiro atoms. The van der Waals surface area contributed by atoms with E-state index in [1.807, 2.05) is 7.05 Å². The van der Waals surface area contributed by atoms with Crippen LogP contribution in [-0.4, -0.2) is 39.0 Å². The molecule has 0 radical (unpaired) electrons. The molecule has 0 aromatic carbocycles. The van der Waals surface area contributed by atoms with Crippen LogP contribution in [0.3, 0.4) is 0 Å². The normalized spacial score (nSPS) is 29.0. The van der Waals surface area contributed by atoms with Gasteiger partial charge in [0, 0.05) is 13.7 Å². The van der Waals surface area contributed by atoms with Crippen molar-refractivity contribution >= 4 is 0 Å². The minimum Gasteiger partial charge on any atom is -0.381 e. The molecular weight excluding hydrogens is 190 g/mol. The van der Waals surface area contributed by atoms with E-state index in [1.165, 1.54) is 19.3 Å². The van der Waals surface area contributed by atoms with Crippen molar-refractivity contribution in [2.75, 3.05) is 20.7 Å². The van der Waals surface area contributed by atoms with Crippen molar-refractivity contribution in [3.63, 3.8) is 0 Å². The molecule has 0 aromatic heterocycles. The summed E-state index contributed by atoms with van der Waals surface area (Å²) < 4.78 is 11.5. The lowest BCUT2D eigenvalue weighted by Crippen LogP contribution is -2.34. The van der Waals surface area contributed by atoms with Crippen LogP contribution in [0.5, 0.6) is 0 Å². The van der Waals surface area contributed by atoms with Crippen molar-refractivity contribution in [2.24, 2.45) is 0 Å². The quantitative estimate of drug-likeness (QED) is 0.734. The van der Waals surface area contributed by atoms with Crippen LogP contribution in [0.15, 0.2) is 0 Å². The van der Waals surface area contributed by atoms with E-state index in [2.05, 4.69) is 12.2 Å². The van der Waals surface area contributed by atoms with E-state index < -0.39 is 0 Å². The lowest BCUT2D eigenvalue weighted by molar-refractivity contribution is -0.0644. The van der Waals surface area contributed by atoms with E-state index in [0.717, 1.165) is 19.4 Å². The Labute approximate surface area is 93.5 Å². The molecule has 1 aliphatic carbocycles. The zero-order chi connectivity index (χ0) is 11.1. The Balaban J connectivity index is 2.29. The Kier molecular flexibility index (Phi) is 6.22. The molecular formula is C12H25NO2. The monoisotopic (exact) mass is 215 g/mol. The number of methoxy groups -OCH3 is 1. The Morgan fingerprint density at radius 1 is 1.33 bits per heavy atom. The predicted molar refractivity (Wildman–Crippen MR) is 62.1 cm³/mol. The maximum Gasteiger partial charge on any atom is 0.0700 e. The summed E-state index contributed by atoms with van der Waals surface area (Å²) in [5.41, 5.74) is 0. The molecule has 0 heterocycles. The van der Waals surface area contributed by atoms with Gasteiger partial charge in [-0.3, -0.25) is 0 Å². The SMILES string of the molecule is CCC(CNC)OC1CCCC(OC)C1. The average Bonchev–Trinajstić information content (AvgIpc) is 2.29. The zero-order valence-electron chi connectivity index (χ0n) is 10.3. The minimum atomic E-state index is 0.357. The van der Waals surface area contributed by atoms with Gasteiger partial charge in [-0.15, -0.1) is 0 Å². The van der Waals surface area contributed by atoms with Crippen LogP contribution in [0, 0.1) is 0 Å². The number of rotatable bonds is 6. The van der Waals surface area contributed by atoms with Crippen molar-refractivity contribution in [3.05, 3.63) is 0 Å². The number of likely N-dealkylation sites (N-methyl/N-ethyl adjacent to an activating group) is 1. The molecule has 1 rings (SSSR count). The fraction of sp³-hybridized carbons (Fsp3) is 1.00. The van der Waals surface area contributed by atoms with Gasteiger partial charge in [-0.2, -0.15) is 0 Å². The highest BCUT2D eigenvalue weighted by atomic mass is 16.5. The zero-order valence-corrected chi connectivity index (χ0v) is 10.3. The van der Waals surface area contributed by atoms with Crippen molar-refractivity contribution in [1.82, 2.24) is 5.32 Å². The summed E-state index contributed by atoms with van der Waals surface area (Å²) in [7, 11) is 3.78. The second-order valence-corrected chi connectivity index (χ2v) is 4.37. The summed E-state index contributed by atoms with van der Waals surface area (Å²) in [4.78, 5) is 0. The van der Waals surface area contributed by atoms with Gasteiger partial charge in [0.15, 0.2) is 0 Å². The molecule has 1 aliphatic rings. The van der Waals surface area contributed by atoms with Gasteiger partial charge in [-0.1, -0.05) is 6.92 Å². The summed E-state index contributed by atoms with van der Waals surface area (Å²) >= 11 is 0. The standard InChI is InChI=1S/C12H25NO2/c1-4-10(9-13-2)15-12-7-5-6-11(8-12)14-3/h10-13H,4-9H2,1-3H3. The highest BCUT2D eigenvalue weighted by molar-refractivity contribution is 4.75. The second-order valence-electron chi connectivity index (χ2n) is 4.37. The maximum atomic E-state index is 6.07. The molecule has 15 heavy (non-hydrogen) atoms. The van der Waals surface area contributed by atoms with E-state index in [4.69, 9.17) is 9.47 Å². The van der Waals surface area contributed by atoms with Crippen LogP contribution in [0.1, 0.15) is 39.0 Å². The fourth-order valence-corrected chi connectivity index (χ4v) is 2.23. The fourth-order valence-electron chi connectivity index (χ4n) is 2.23. The van der Waals surface area contributed by atoms with Crippen molar-refractivity contribution < 1.29 is 9.47 Å². The minimum absolute atomic E-state index is 0.357. The van der Waals surface area contributed by atoms with Crippen LogP contribution >= 0.6 is 0 Å². The molecule has 1 fully saturated rings. The molecule has 0 bridgehead atoms. The average molecular weight is 215 g/mol. The predicted octanol–water partition coefficient (Wildman–Crippen LogP) is 1.96. The summed E-state index contributed by atoms with van der Waals surface area (Å²) in [5.74, 6) is 0. The van der Waals surface area contributed by atoms with Gasteiger partial charge in [0.2, 0.25) is 0 Å². The molecule has 0 saturated heterocycles. The first-order chi connectivity index (χ1) is 7.30. The Morgan fingerprint density at radius 3 is 2.67 bits per heavy atom. The highest BCUT2D eigenvalue weighted by Gasteiger charge is 2.24. The number of nitrogens with one attached hydrogen (secondary N) is 1. The molecule has 3 atom stereocenters. The second kappa shape index (κ2) is 7.20. The van der Waals surface area contributed by atoms with Gasteiger partial charge < -0.3 is 14.8 Å². The lowest BCUT2D eigenvalue weighted by Gasteiger charge is -2.31. The smallest absolute Gasteiger partial charge is 0.0700 e. The molecule has 0 amide bonds. The third-order valence-electron chi connectivity index (χ3n) is 3.18. The number of hydrogen-bond donors (Lipinski definition) is 1. The number of hydrogen-bond acceptors (Lipinski definition) is 3. The van der Waals surface area contributed by atoms with Gasteiger partial charge in [-0.05, 0) is 39.2 Å². The maximum absolute atomic E-state index is 6.07. The highest BCUT2D eigenvalue weighted by Crippen LogP contribution is 2.24. The van der Waals surface area contributed by atoms with Crippen molar-refractivity contribution in [1.29, 1.82) is 0 Å². The summed E-state index contributed by atoms with van der Waals surface area (Å²) in [6.07, 6.45) is 6.94. The molecule has 3 nitrogen and oxygen atoms in total. The first-order valence-corrected chi connectivity index (χ1v) is 6.13. The van der Waals surface area contributed by atoms with Crippen LogP contribution in [-0.2, 0) is 9.47 Å². The molecule has 3 unspecified atom stereocenters. The first-order valence-electron chi connectivity index (χ1n) is 6.13. The summed E-state index contributed by atoms with van der Waals surface area (Å²) in [6.45, 7) is 3.13. The molecule has 0 aliphatic heterocycles. The van der Waals surface area contributed by atoms with E-state index in [-0.39, 0.29) is 0 Å². The Hall–Kier alpha value is -0.120. The van der Waals surface area contributed by atoms with Crippen LogP contribution in [0.4, 0.5) is 0 Å². The van der Waals surface area contributed by atoms with Crippen molar-refractivity contribution in [3.8, 4) is 0 Å².